The number of benzene rings is 1. The average molecular weight is 504 g/mol. The summed E-state index contributed by atoms with van der Waals surface area (Å²) in [5.41, 5.74) is 1.05. The maximum Gasteiger partial charge on any atom is 0.224 e. The number of ether oxygens (including phenoxy) is 2. The monoisotopic (exact) mass is 504 g/mol. The number of carbonyl (C=O) groups is 1. The molecule has 28 heavy (non-hydrogen) atoms. The van der Waals surface area contributed by atoms with Gasteiger partial charge in [-0.15, -0.1) is 24.0 Å². The lowest BCUT2D eigenvalue weighted by Crippen LogP contribution is -2.42. The summed E-state index contributed by atoms with van der Waals surface area (Å²) in [5, 5.41) is 6.46. The molecule has 1 fully saturated rings. The average Bonchev–Trinajstić information content (AvgIpc) is 2.70. The van der Waals surface area contributed by atoms with Crippen LogP contribution < -0.4 is 20.1 Å². The van der Waals surface area contributed by atoms with Crippen molar-refractivity contribution in [2.75, 3.05) is 40.9 Å². The largest absolute Gasteiger partial charge is 0.493 e. The molecule has 0 saturated carbocycles. The van der Waals surface area contributed by atoms with Gasteiger partial charge in [0.2, 0.25) is 5.91 Å². The highest BCUT2D eigenvalue weighted by atomic mass is 127. The lowest BCUT2D eigenvalue weighted by atomic mass is 10.00. The molecule has 1 aliphatic rings. The molecular weight excluding hydrogens is 471 g/mol. The van der Waals surface area contributed by atoms with E-state index in [0.717, 1.165) is 25.1 Å². The van der Waals surface area contributed by atoms with Crippen molar-refractivity contribution < 1.29 is 14.3 Å². The predicted molar refractivity (Wildman–Crippen MR) is 123 cm³/mol. The van der Waals surface area contributed by atoms with E-state index in [-0.39, 0.29) is 29.9 Å². The first kappa shape index (κ1) is 24.3. The molecule has 0 bridgehead atoms. The smallest absolute Gasteiger partial charge is 0.224 e. The number of amides is 1. The number of nitrogens with one attached hydrogen (secondary N) is 2. The van der Waals surface area contributed by atoms with Gasteiger partial charge in [-0.2, -0.15) is 0 Å². The van der Waals surface area contributed by atoms with E-state index in [1.807, 2.05) is 23.1 Å². The van der Waals surface area contributed by atoms with Crippen LogP contribution in [0, 0.1) is 5.92 Å². The number of rotatable bonds is 7. The van der Waals surface area contributed by atoms with Gasteiger partial charge in [-0.05, 0) is 36.5 Å². The number of carbonyl (C=O) groups excluding carboxylic acids is 1. The van der Waals surface area contributed by atoms with Gasteiger partial charge >= 0.3 is 0 Å². The van der Waals surface area contributed by atoms with Crippen molar-refractivity contribution in [1.82, 2.24) is 15.5 Å². The Hall–Kier alpha value is -1.71. The van der Waals surface area contributed by atoms with Crippen LogP contribution in [0.5, 0.6) is 11.5 Å². The summed E-state index contributed by atoms with van der Waals surface area (Å²) < 4.78 is 10.6. The zero-order valence-electron chi connectivity index (χ0n) is 17.3. The van der Waals surface area contributed by atoms with Gasteiger partial charge in [0.05, 0.1) is 14.2 Å². The van der Waals surface area contributed by atoms with Crippen LogP contribution in [0.2, 0.25) is 0 Å². The quantitative estimate of drug-likeness (QED) is 0.340. The summed E-state index contributed by atoms with van der Waals surface area (Å²) in [6, 6.07) is 5.78. The standard InChI is InChI=1S/C20H32N4O3.HI/c1-15-6-5-11-24(14-15)19(25)9-10-22-20(21-2)23-13-16-7-8-17(26-3)18(12-16)27-4;/h7-8,12,15H,5-6,9-11,13-14H2,1-4H3,(H2,21,22,23);1H. The highest BCUT2D eigenvalue weighted by molar-refractivity contribution is 14.0. The third-order valence-corrected chi connectivity index (χ3v) is 4.77. The van der Waals surface area contributed by atoms with Crippen LogP contribution in [0.4, 0.5) is 0 Å². The number of methoxy groups -OCH3 is 2. The fourth-order valence-electron chi connectivity index (χ4n) is 3.26. The molecule has 0 aliphatic carbocycles. The summed E-state index contributed by atoms with van der Waals surface area (Å²) in [6.07, 6.45) is 2.80. The summed E-state index contributed by atoms with van der Waals surface area (Å²) in [4.78, 5) is 18.5. The van der Waals surface area contributed by atoms with Crippen LogP contribution in [-0.4, -0.2) is 57.7 Å². The second kappa shape index (κ2) is 12.7. The molecule has 1 aromatic carbocycles. The highest BCUT2D eigenvalue weighted by Crippen LogP contribution is 2.27. The van der Waals surface area contributed by atoms with Gasteiger partial charge in [0.15, 0.2) is 17.5 Å². The number of nitrogens with zero attached hydrogens (tertiary/aromatic N) is 2. The molecule has 0 aromatic heterocycles. The Balaban J connectivity index is 0.00000392. The van der Waals surface area contributed by atoms with Gasteiger partial charge in [0, 0.05) is 39.6 Å². The van der Waals surface area contributed by atoms with Gasteiger partial charge in [-0.25, -0.2) is 0 Å². The molecular formula is C20H33IN4O3. The third kappa shape index (κ3) is 7.37. The number of hydrogen-bond acceptors (Lipinski definition) is 4. The van der Waals surface area contributed by atoms with Crippen molar-refractivity contribution in [2.24, 2.45) is 10.9 Å². The highest BCUT2D eigenvalue weighted by Gasteiger charge is 2.20. The van der Waals surface area contributed by atoms with Crippen LogP contribution in [-0.2, 0) is 11.3 Å². The minimum atomic E-state index is 0. The molecule has 1 aliphatic heterocycles. The Bertz CT molecular complexity index is 654. The SMILES string of the molecule is CN=C(NCCC(=O)N1CCCC(C)C1)NCc1ccc(OC)c(OC)c1.I. The van der Waals surface area contributed by atoms with Crippen LogP contribution in [0.1, 0.15) is 31.7 Å². The first-order valence-electron chi connectivity index (χ1n) is 9.50. The van der Waals surface area contributed by atoms with E-state index >= 15 is 0 Å². The number of likely N-dealkylation sites (tertiary alicyclic amines) is 1. The molecule has 1 saturated heterocycles. The number of halogens is 1. The van der Waals surface area contributed by atoms with Crippen molar-refractivity contribution >= 4 is 35.8 Å². The van der Waals surface area contributed by atoms with Gasteiger partial charge in [-0.3, -0.25) is 9.79 Å². The molecule has 1 unspecified atom stereocenters. The van der Waals surface area contributed by atoms with E-state index in [1.54, 1.807) is 21.3 Å². The summed E-state index contributed by atoms with van der Waals surface area (Å²) in [7, 11) is 4.96. The lowest BCUT2D eigenvalue weighted by Gasteiger charge is -2.31. The topological polar surface area (TPSA) is 75.2 Å². The number of aliphatic imine (C=N–C) groups is 1. The zero-order valence-corrected chi connectivity index (χ0v) is 19.6. The fourth-order valence-corrected chi connectivity index (χ4v) is 3.26. The molecule has 0 radical (unpaired) electrons. The van der Waals surface area contributed by atoms with Gasteiger partial charge in [0.1, 0.15) is 0 Å². The van der Waals surface area contributed by atoms with Gasteiger partial charge < -0.3 is 25.0 Å². The first-order valence-corrected chi connectivity index (χ1v) is 9.50. The lowest BCUT2D eigenvalue weighted by molar-refractivity contribution is -0.132. The van der Waals surface area contributed by atoms with E-state index < -0.39 is 0 Å². The Morgan fingerprint density at radius 3 is 2.64 bits per heavy atom. The second-order valence-electron chi connectivity index (χ2n) is 6.88. The molecule has 1 heterocycles. The molecule has 7 nitrogen and oxygen atoms in total. The zero-order chi connectivity index (χ0) is 19.6. The Kier molecular flexibility index (Phi) is 11.0. The molecule has 2 rings (SSSR count). The minimum absolute atomic E-state index is 0. The first-order chi connectivity index (χ1) is 13.1. The van der Waals surface area contributed by atoms with E-state index in [9.17, 15) is 4.79 Å². The van der Waals surface area contributed by atoms with E-state index in [2.05, 4.69) is 22.5 Å². The van der Waals surface area contributed by atoms with Crippen LogP contribution in [0.15, 0.2) is 23.2 Å². The number of piperidine rings is 1. The fraction of sp³-hybridized carbons (Fsp3) is 0.600. The second-order valence-corrected chi connectivity index (χ2v) is 6.88. The van der Waals surface area contributed by atoms with Crippen LogP contribution in [0.3, 0.4) is 0 Å². The van der Waals surface area contributed by atoms with Crippen molar-refractivity contribution in [1.29, 1.82) is 0 Å². The third-order valence-electron chi connectivity index (χ3n) is 4.77. The molecule has 2 N–H and O–H groups in total. The van der Waals surface area contributed by atoms with Crippen LogP contribution in [0.25, 0.3) is 0 Å². The van der Waals surface area contributed by atoms with E-state index in [0.29, 0.717) is 42.9 Å². The van der Waals surface area contributed by atoms with Crippen LogP contribution >= 0.6 is 24.0 Å². The maximum atomic E-state index is 12.3. The normalized spacial score (nSPS) is 16.8. The summed E-state index contributed by atoms with van der Waals surface area (Å²) in [6.45, 7) is 5.13. The number of guanidine groups is 1. The summed E-state index contributed by atoms with van der Waals surface area (Å²) in [5.74, 6) is 2.89. The molecule has 0 spiro atoms. The Morgan fingerprint density at radius 2 is 2.00 bits per heavy atom. The number of hydrogen-bond donors (Lipinski definition) is 2. The predicted octanol–water partition coefficient (Wildman–Crippen LogP) is 2.64. The van der Waals surface area contributed by atoms with Gasteiger partial charge in [0.25, 0.3) is 0 Å². The summed E-state index contributed by atoms with van der Waals surface area (Å²) >= 11 is 0. The van der Waals surface area contributed by atoms with Gasteiger partial charge in [-0.1, -0.05) is 13.0 Å². The Labute approximate surface area is 185 Å². The molecule has 1 aromatic rings. The maximum absolute atomic E-state index is 12.3. The molecule has 1 atom stereocenters. The molecule has 1 amide bonds. The van der Waals surface area contributed by atoms with Crippen molar-refractivity contribution in [3.63, 3.8) is 0 Å². The molecule has 8 heteroatoms. The minimum Gasteiger partial charge on any atom is -0.493 e. The van der Waals surface area contributed by atoms with E-state index in [1.165, 1.54) is 6.42 Å². The Morgan fingerprint density at radius 1 is 1.25 bits per heavy atom. The van der Waals surface area contributed by atoms with E-state index in [4.69, 9.17) is 9.47 Å². The van der Waals surface area contributed by atoms with Crippen molar-refractivity contribution in [3.8, 4) is 11.5 Å². The van der Waals surface area contributed by atoms with Crippen molar-refractivity contribution in [2.45, 2.75) is 32.7 Å². The van der Waals surface area contributed by atoms with Crippen molar-refractivity contribution in [3.05, 3.63) is 23.8 Å². The molecule has 158 valence electrons.